The second-order valence-electron chi connectivity index (χ2n) is 6.17. The molecule has 0 atom stereocenters. The summed E-state index contributed by atoms with van der Waals surface area (Å²) in [4.78, 5) is 23.3. The van der Waals surface area contributed by atoms with E-state index in [4.69, 9.17) is 9.84 Å². The van der Waals surface area contributed by atoms with Crippen LogP contribution < -0.4 is 14.8 Å². The number of nitrogens with one attached hydrogen (secondary N) is 2. The molecule has 3 rings (SSSR count). The predicted octanol–water partition coefficient (Wildman–Crippen LogP) is 3.45. The summed E-state index contributed by atoms with van der Waals surface area (Å²) in [5.74, 6) is -1.36. The zero-order chi connectivity index (χ0) is 21.7. The van der Waals surface area contributed by atoms with Gasteiger partial charge in [0.2, 0.25) is 0 Å². The lowest BCUT2D eigenvalue weighted by Crippen LogP contribution is -2.16. The molecular formula is C21H18N2O6S. The minimum Gasteiger partial charge on any atom is -0.495 e. The lowest BCUT2D eigenvalue weighted by molar-refractivity contribution is 0.0696. The molecular weight excluding hydrogens is 408 g/mol. The third-order valence-corrected chi connectivity index (χ3v) is 5.53. The van der Waals surface area contributed by atoms with E-state index in [1.165, 1.54) is 49.6 Å². The normalized spacial score (nSPS) is 10.8. The van der Waals surface area contributed by atoms with Crippen LogP contribution >= 0.6 is 0 Å². The van der Waals surface area contributed by atoms with E-state index in [1.54, 1.807) is 24.3 Å². The van der Waals surface area contributed by atoms with Crippen molar-refractivity contribution in [2.45, 2.75) is 4.90 Å². The summed E-state index contributed by atoms with van der Waals surface area (Å²) < 4.78 is 33.0. The van der Waals surface area contributed by atoms with Crippen molar-refractivity contribution < 1.29 is 27.9 Å². The molecule has 0 aromatic heterocycles. The summed E-state index contributed by atoms with van der Waals surface area (Å²) in [5, 5.41) is 11.7. The molecule has 0 radical (unpaired) electrons. The number of sulfonamides is 1. The van der Waals surface area contributed by atoms with E-state index in [-0.39, 0.29) is 27.5 Å². The molecule has 0 aliphatic heterocycles. The number of benzene rings is 3. The number of carbonyl (C=O) groups is 2. The molecule has 9 heteroatoms. The van der Waals surface area contributed by atoms with Gasteiger partial charge in [0.25, 0.3) is 15.9 Å². The van der Waals surface area contributed by atoms with Gasteiger partial charge in [-0.15, -0.1) is 0 Å². The summed E-state index contributed by atoms with van der Waals surface area (Å²) in [5.41, 5.74) is 0.851. The van der Waals surface area contributed by atoms with Crippen molar-refractivity contribution in [2.24, 2.45) is 0 Å². The maximum absolute atomic E-state index is 12.7. The summed E-state index contributed by atoms with van der Waals surface area (Å²) in [7, 11) is -2.67. The van der Waals surface area contributed by atoms with E-state index in [0.717, 1.165) is 0 Å². The molecule has 0 aliphatic rings. The molecule has 30 heavy (non-hydrogen) atoms. The van der Waals surface area contributed by atoms with E-state index in [0.29, 0.717) is 5.69 Å². The molecule has 1 amide bonds. The van der Waals surface area contributed by atoms with E-state index in [9.17, 15) is 18.0 Å². The molecule has 0 saturated heterocycles. The Hall–Kier alpha value is -3.85. The van der Waals surface area contributed by atoms with Crippen molar-refractivity contribution >= 4 is 33.3 Å². The van der Waals surface area contributed by atoms with E-state index < -0.39 is 21.9 Å². The topological polar surface area (TPSA) is 122 Å². The standard InChI is InChI=1S/C21H18N2O6S/c1-29-19-12-9-15(20(24)22-16-5-3-2-4-6-16)13-18(19)23-30(27,28)17-10-7-14(8-11-17)21(25)26/h2-13,23H,1H3,(H,22,24)(H,25,26). The van der Waals surface area contributed by atoms with Crippen LogP contribution in [0.25, 0.3) is 0 Å². The molecule has 0 aliphatic carbocycles. The van der Waals surface area contributed by atoms with Crippen molar-refractivity contribution in [3.63, 3.8) is 0 Å². The Bertz CT molecular complexity index is 1180. The number of para-hydroxylation sites is 1. The molecule has 154 valence electrons. The fourth-order valence-corrected chi connectivity index (χ4v) is 3.70. The van der Waals surface area contributed by atoms with E-state index >= 15 is 0 Å². The van der Waals surface area contributed by atoms with Gasteiger partial charge in [0.1, 0.15) is 5.75 Å². The van der Waals surface area contributed by atoms with Gasteiger partial charge in [0, 0.05) is 11.3 Å². The molecule has 0 fully saturated rings. The molecule has 0 bridgehead atoms. The lowest BCUT2D eigenvalue weighted by Gasteiger charge is -2.14. The second kappa shape index (κ2) is 8.66. The third kappa shape index (κ3) is 4.76. The number of carboxylic acid groups (broad SMARTS) is 1. The fourth-order valence-electron chi connectivity index (χ4n) is 2.63. The Labute approximate surface area is 173 Å². The summed E-state index contributed by atoms with van der Waals surface area (Å²) in [6.07, 6.45) is 0. The second-order valence-corrected chi connectivity index (χ2v) is 7.85. The maximum atomic E-state index is 12.7. The Morgan fingerprint density at radius 1 is 0.900 bits per heavy atom. The van der Waals surface area contributed by atoms with Crippen molar-refractivity contribution in [1.82, 2.24) is 0 Å². The van der Waals surface area contributed by atoms with Crippen LogP contribution in [0, 0.1) is 0 Å². The predicted molar refractivity (Wildman–Crippen MR) is 112 cm³/mol. The molecule has 0 saturated carbocycles. The van der Waals surface area contributed by atoms with Gasteiger partial charge in [0.15, 0.2) is 0 Å². The molecule has 3 aromatic rings. The molecule has 0 spiro atoms. The van der Waals surface area contributed by atoms with Crippen LogP contribution in [0.4, 0.5) is 11.4 Å². The smallest absolute Gasteiger partial charge is 0.335 e. The minimum atomic E-state index is -4.04. The van der Waals surface area contributed by atoms with Gasteiger partial charge >= 0.3 is 5.97 Å². The van der Waals surface area contributed by atoms with Crippen LogP contribution in [0.15, 0.2) is 77.7 Å². The number of carbonyl (C=O) groups excluding carboxylic acids is 1. The van der Waals surface area contributed by atoms with Crippen molar-refractivity contribution in [3.05, 3.63) is 83.9 Å². The minimum absolute atomic E-state index is 0.0360. The summed E-state index contributed by atoms with van der Waals surface area (Å²) in [6.45, 7) is 0. The average Bonchev–Trinajstić information content (AvgIpc) is 2.74. The van der Waals surface area contributed by atoms with Gasteiger partial charge in [-0.25, -0.2) is 13.2 Å². The summed E-state index contributed by atoms with van der Waals surface area (Å²) >= 11 is 0. The zero-order valence-corrected chi connectivity index (χ0v) is 16.6. The van der Waals surface area contributed by atoms with Gasteiger partial charge in [-0.1, -0.05) is 18.2 Å². The fraction of sp³-hybridized carbons (Fsp3) is 0.0476. The highest BCUT2D eigenvalue weighted by molar-refractivity contribution is 7.92. The van der Waals surface area contributed by atoms with E-state index in [1.807, 2.05) is 6.07 Å². The third-order valence-electron chi connectivity index (χ3n) is 4.15. The number of aromatic carboxylic acids is 1. The quantitative estimate of drug-likeness (QED) is 0.532. The molecule has 0 heterocycles. The first-order chi connectivity index (χ1) is 14.3. The molecule has 8 nitrogen and oxygen atoms in total. The van der Waals surface area contributed by atoms with Crippen molar-refractivity contribution in [2.75, 3.05) is 17.1 Å². The van der Waals surface area contributed by atoms with Crippen LogP contribution in [0.2, 0.25) is 0 Å². The van der Waals surface area contributed by atoms with Crippen molar-refractivity contribution in [1.29, 1.82) is 0 Å². The van der Waals surface area contributed by atoms with E-state index in [2.05, 4.69) is 10.0 Å². The lowest BCUT2D eigenvalue weighted by atomic mass is 10.1. The maximum Gasteiger partial charge on any atom is 0.335 e. The van der Waals surface area contributed by atoms with Gasteiger partial charge in [-0.2, -0.15) is 0 Å². The highest BCUT2D eigenvalue weighted by atomic mass is 32.2. The number of methoxy groups -OCH3 is 1. The number of anilines is 2. The molecule has 3 N–H and O–H groups in total. The Kier molecular flexibility index (Phi) is 6.03. The number of rotatable bonds is 7. The van der Waals surface area contributed by atoms with Gasteiger partial charge < -0.3 is 15.2 Å². The first-order valence-corrected chi connectivity index (χ1v) is 10.2. The monoisotopic (exact) mass is 426 g/mol. The van der Waals surface area contributed by atoms with Crippen molar-refractivity contribution in [3.8, 4) is 5.75 Å². The number of amides is 1. The summed E-state index contributed by atoms with van der Waals surface area (Å²) in [6, 6.07) is 17.9. The first-order valence-electron chi connectivity index (χ1n) is 8.71. The number of ether oxygens (including phenoxy) is 1. The SMILES string of the molecule is COc1ccc(C(=O)Nc2ccccc2)cc1NS(=O)(=O)c1ccc(C(=O)O)cc1. The van der Waals surface area contributed by atoms with Crippen LogP contribution in [0.1, 0.15) is 20.7 Å². The Balaban J connectivity index is 1.87. The largest absolute Gasteiger partial charge is 0.495 e. The van der Waals surface area contributed by atoms with Crippen LogP contribution in [0.5, 0.6) is 5.75 Å². The van der Waals surface area contributed by atoms with Gasteiger partial charge in [-0.3, -0.25) is 9.52 Å². The highest BCUT2D eigenvalue weighted by Gasteiger charge is 2.19. The van der Waals surface area contributed by atoms with Gasteiger partial charge in [0.05, 0.1) is 23.3 Å². The molecule has 0 unspecified atom stereocenters. The average molecular weight is 426 g/mol. The highest BCUT2D eigenvalue weighted by Crippen LogP contribution is 2.28. The first kappa shape index (κ1) is 20.9. The Morgan fingerprint density at radius 3 is 2.13 bits per heavy atom. The Morgan fingerprint density at radius 2 is 1.53 bits per heavy atom. The molecule has 3 aromatic carbocycles. The number of carboxylic acids is 1. The van der Waals surface area contributed by atoms with Crippen LogP contribution in [0.3, 0.4) is 0 Å². The van der Waals surface area contributed by atoms with Crippen LogP contribution in [-0.4, -0.2) is 32.5 Å². The van der Waals surface area contributed by atoms with Crippen LogP contribution in [-0.2, 0) is 10.0 Å². The number of hydrogen-bond donors (Lipinski definition) is 3. The zero-order valence-electron chi connectivity index (χ0n) is 15.8. The number of hydrogen-bond acceptors (Lipinski definition) is 5. The van der Waals surface area contributed by atoms with Gasteiger partial charge in [-0.05, 0) is 54.6 Å².